The third-order valence-electron chi connectivity index (χ3n) is 4.03. The summed E-state index contributed by atoms with van der Waals surface area (Å²) in [5, 5.41) is 18.7. The third kappa shape index (κ3) is 5.59. The molecule has 2 aromatic carbocycles. The Hall–Kier alpha value is -2.37. The number of carboxylic acid groups (broad SMARTS) is 1. The van der Waals surface area contributed by atoms with Crippen molar-refractivity contribution in [2.45, 2.75) is 20.0 Å². The van der Waals surface area contributed by atoms with Crippen LogP contribution in [-0.2, 0) is 13.1 Å². The van der Waals surface area contributed by atoms with Gasteiger partial charge >= 0.3 is 5.97 Å². The molecule has 0 radical (unpaired) electrons. The fourth-order valence-electron chi connectivity index (χ4n) is 2.80. The molecule has 0 aliphatic carbocycles. The molecule has 2 N–H and O–H groups in total. The Morgan fingerprint density at radius 3 is 2.40 bits per heavy atom. The van der Waals surface area contributed by atoms with Gasteiger partial charge in [0.2, 0.25) is 0 Å². The number of rotatable bonds is 9. The van der Waals surface area contributed by atoms with Gasteiger partial charge in [0.25, 0.3) is 0 Å². The minimum Gasteiger partial charge on any atom is -0.496 e. The number of hydrogen-bond donors (Lipinski definition) is 2. The molecule has 0 heterocycles. The molecule has 0 aromatic heterocycles. The van der Waals surface area contributed by atoms with Crippen LogP contribution in [0.4, 0.5) is 0 Å². The first-order chi connectivity index (χ1) is 12.0. The minimum absolute atomic E-state index is 0.119. The van der Waals surface area contributed by atoms with Crippen LogP contribution in [0.5, 0.6) is 5.75 Å². The van der Waals surface area contributed by atoms with Gasteiger partial charge in [-0.05, 0) is 29.2 Å². The molecule has 134 valence electrons. The second kappa shape index (κ2) is 9.20. The number of methoxy groups -OCH3 is 1. The maximum atomic E-state index is 11.4. The summed E-state index contributed by atoms with van der Waals surface area (Å²) in [6.45, 7) is 4.17. The molecule has 0 fully saturated rings. The molecule has 0 bridgehead atoms. The van der Waals surface area contributed by atoms with Crippen LogP contribution in [0.15, 0.2) is 48.5 Å². The number of aliphatic hydroxyl groups excluding tert-OH is 1. The SMILES string of the molecule is COc1ccc(CN(Cc2ccccc2)C[C@H](C)CO)cc1C(=O)O. The number of benzene rings is 2. The quantitative estimate of drug-likeness (QED) is 0.732. The molecule has 0 aliphatic heterocycles. The highest BCUT2D eigenvalue weighted by Gasteiger charge is 2.15. The van der Waals surface area contributed by atoms with Crippen molar-refractivity contribution < 1.29 is 19.7 Å². The molecule has 0 amide bonds. The van der Waals surface area contributed by atoms with Gasteiger partial charge in [-0.15, -0.1) is 0 Å². The number of aliphatic hydroxyl groups is 1. The summed E-state index contributed by atoms with van der Waals surface area (Å²) in [7, 11) is 1.46. The van der Waals surface area contributed by atoms with Crippen LogP contribution < -0.4 is 4.74 Å². The zero-order chi connectivity index (χ0) is 18.2. The molecular formula is C20H25NO4. The van der Waals surface area contributed by atoms with E-state index < -0.39 is 5.97 Å². The Morgan fingerprint density at radius 2 is 1.80 bits per heavy atom. The van der Waals surface area contributed by atoms with Gasteiger partial charge in [0.05, 0.1) is 7.11 Å². The zero-order valence-electron chi connectivity index (χ0n) is 14.7. The summed E-state index contributed by atoms with van der Waals surface area (Å²) in [6.07, 6.45) is 0. The van der Waals surface area contributed by atoms with E-state index in [4.69, 9.17) is 4.74 Å². The molecule has 5 nitrogen and oxygen atoms in total. The lowest BCUT2D eigenvalue weighted by atomic mass is 10.1. The molecule has 2 rings (SSSR count). The van der Waals surface area contributed by atoms with Gasteiger partial charge in [-0.3, -0.25) is 4.90 Å². The second-order valence-corrected chi connectivity index (χ2v) is 6.28. The van der Waals surface area contributed by atoms with Crippen molar-refractivity contribution in [1.29, 1.82) is 0 Å². The number of nitrogens with zero attached hydrogens (tertiary/aromatic N) is 1. The van der Waals surface area contributed by atoms with Crippen LogP contribution in [0.2, 0.25) is 0 Å². The van der Waals surface area contributed by atoms with Gasteiger partial charge in [0.1, 0.15) is 11.3 Å². The van der Waals surface area contributed by atoms with Crippen molar-refractivity contribution in [1.82, 2.24) is 4.90 Å². The van der Waals surface area contributed by atoms with Crippen LogP contribution in [0.25, 0.3) is 0 Å². The summed E-state index contributed by atoms with van der Waals surface area (Å²) in [4.78, 5) is 13.6. The largest absolute Gasteiger partial charge is 0.496 e. The van der Waals surface area contributed by atoms with Gasteiger partial charge in [-0.2, -0.15) is 0 Å². The summed E-state index contributed by atoms with van der Waals surface area (Å²) >= 11 is 0. The van der Waals surface area contributed by atoms with Crippen LogP contribution in [0, 0.1) is 5.92 Å². The van der Waals surface area contributed by atoms with E-state index in [2.05, 4.69) is 17.0 Å². The number of ether oxygens (including phenoxy) is 1. The van der Waals surface area contributed by atoms with Crippen molar-refractivity contribution in [2.24, 2.45) is 5.92 Å². The van der Waals surface area contributed by atoms with Gasteiger partial charge in [0, 0.05) is 26.2 Å². The Kier molecular flexibility index (Phi) is 6.98. The predicted octanol–water partition coefficient (Wildman–Crippen LogP) is 3.02. The highest BCUT2D eigenvalue weighted by atomic mass is 16.5. The molecule has 0 aliphatic rings. The zero-order valence-corrected chi connectivity index (χ0v) is 14.7. The molecular weight excluding hydrogens is 318 g/mol. The van der Waals surface area contributed by atoms with E-state index in [0.29, 0.717) is 12.3 Å². The van der Waals surface area contributed by atoms with Crippen molar-refractivity contribution in [3.63, 3.8) is 0 Å². The summed E-state index contributed by atoms with van der Waals surface area (Å²) in [5.41, 5.74) is 2.24. The molecule has 0 spiro atoms. The fraction of sp³-hybridized carbons (Fsp3) is 0.350. The van der Waals surface area contributed by atoms with Gasteiger partial charge < -0.3 is 14.9 Å². The van der Waals surface area contributed by atoms with E-state index in [1.165, 1.54) is 12.7 Å². The number of hydrogen-bond acceptors (Lipinski definition) is 4. The number of aromatic carboxylic acids is 1. The number of carboxylic acids is 1. The van der Waals surface area contributed by atoms with E-state index >= 15 is 0 Å². The monoisotopic (exact) mass is 343 g/mol. The average Bonchev–Trinajstić information content (AvgIpc) is 2.62. The van der Waals surface area contributed by atoms with Crippen molar-refractivity contribution in [3.8, 4) is 5.75 Å². The first kappa shape index (κ1) is 19.0. The van der Waals surface area contributed by atoms with Crippen molar-refractivity contribution in [2.75, 3.05) is 20.3 Å². The minimum atomic E-state index is -1.00. The molecule has 2 aromatic rings. The Labute approximate surface area is 148 Å². The summed E-state index contributed by atoms with van der Waals surface area (Å²) < 4.78 is 5.12. The van der Waals surface area contributed by atoms with Gasteiger partial charge in [0.15, 0.2) is 0 Å². The van der Waals surface area contributed by atoms with Crippen molar-refractivity contribution in [3.05, 3.63) is 65.2 Å². The van der Waals surface area contributed by atoms with Crippen LogP contribution in [0.1, 0.15) is 28.4 Å². The lowest BCUT2D eigenvalue weighted by molar-refractivity contribution is 0.0693. The van der Waals surface area contributed by atoms with E-state index in [0.717, 1.165) is 18.7 Å². The number of carbonyl (C=O) groups is 1. The maximum Gasteiger partial charge on any atom is 0.339 e. The Balaban J connectivity index is 2.20. The highest BCUT2D eigenvalue weighted by molar-refractivity contribution is 5.91. The summed E-state index contributed by atoms with van der Waals surface area (Å²) in [5.74, 6) is -0.507. The molecule has 0 saturated carbocycles. The van der Waals surface area contributed by atoms with Gasteiger partial charge in [-0.25, -0.2) is 4.79 Å². The van der Waals surface area contributed by atoms with Crippen LogP contribution >= 0.6 is 0 Å². The first-order valence-electron chi connectivity index (χ1n) is 8.30. The highest BCUT2D eigenvalue weighted by Crippen LogP contribution is 2.21. The van der Waals surface area contributed by atoms with Crippen LogP contribution in [0.3, 0.4) is 0 Å². The molecule has 0 unspecified atom stereocenters. The third-order valence-corrected chi connectivity index (χ3v) is 4.03. The molecule has 25 heavy (non-hydrogen) atoms. The van der Waals surface area contributed by atoms with Crippen LogP contribution in [-0.4, -0.2) is 41.3 Å². The Bertz CT molecular complexity index is 687. The van der Waals surface area contributed by atoms with Gasteiger partial charge in [-0.1, -0.05) is 43.3 Å². The van der Waals surface area contributed by atoms with E-state index in [1.807, 2.05) is 31.2 Å². The fourth-order valence-corrected chi connectivity index (χ4v) is 2.80. The van der Waals surface area contributed by atoms with Crippen molar-refractivity contribution >= 4 is 5.97 Å². The standard InChI is InChI=1S/C20H25NO4/c1-15(14-22)11-21(12-16-6-4-3-5-7-16)13-17-8-9-19(25-2)18(10-17)20(23)24/h3-10,15,22H,11-14H2,1-2H3,(H,23,24)/t15-/m0/s1. The topological polar surface area (TPSA) is 70.0 Å². The molecule has 1 atom stereocenters. The molecule has 5 heteroatoms. The maximum absolute atomic E-state index is 11.4. The smallest absolute Gasteiger partial charge is 0.339 e. The lowest BCUT2D eigenvalue weighted by Crippen LogP contribution is -2.29. The predicted molar refractivity (Wildman–Crippen MR) is 96.8 cm³/mol. The second-order valence-electron chi connectivity index (χ2n) is 6.28. The van der Waals surface area contributed by atoms with E-state index in [1.54, 1.807) is 12.1 Å². The Morgan fingerprint density at radius 1 is 1.12 bits per heavy atom. The van der Waals surface area contributed by atoms with E-state index in [9.17, 15) is 15.0 Å². The average molecular weight is 343 g/mol. The normalized spacial score (nSPS) is 12.2. The summed E-state index contributed by atoms with van der Waals surface area (Å²) in [6, 6.07) is 15.3. The molecule has 0 saturated heterocycles. The lowest BCUT2D eigenvalue weighted by Gasteiger charge is -2.25. The first-order valence-corrected chi connectivity index (χ1v) is 8.30. The van der Waals surface area contributed by atoms with E-state index in [-0.39, 0.29) is 18.1 Å².